The zero-order chi connectivity index (χ0) is 14.0. The number of carbonyl (C=O) groups is 1. The van der Waals surface area contributed by atoms with Gasteiger partial charge in [0.1, 0.15) is 11.6 Å². The second-order valence-corrected chi connectivity index (χ2v) is 4.32. The lowest BCUT2D eigenvalue weighted by Crippen LogP contribution is -2.26. The molecule has 19 heavy (non-hydrogen) atoms. The molecule has 3 nitrogen and oxygen atoms in total. The summed E-state index contributed by atoms with van der Waals surface area (Å²) in [4.78, 5) is 13.6. The van der Waals surface area contributed by atoms with E-state index in [2.05, 4.69) is 0 Å². The highest BCUT2D eigenvalue weighted by molar-refractivity contribution is 6.07. The summed E-state index contributed by atoms with van der Waals surface area (Å²) >= 11 is 0. The fourth-order valence-corrected chi connectivity index (χ4v) is 1.81. The van der Waals surface area contributed by atoms with Crippen molar-refractivity contribution in [1.82, 2.24) is 0 Å². The second-order valence-electron chi connectivity index (χ2n) is 4.32. The maximum atomic E-state index is 13.1. The number of anilines is 1. The monoisotopic (exact) mass is 259 g/mol. The van der Waals surface area contributed by atoms with Crippen molar-refractivity contribution in [2.24, 2.45) is 0 Å². The highest BCUT2D eigenvalue weighted by Crippen LogP contribution is 2.24. The Morgan fingerprint density at radius 1 is 1.21 bits per heavy atom. The Morgan fingerprint density at radius 3 is 2.58 bits per heavy atom. The number of amides is 1. The molecule has 0 unspecified atom stereocenters. The van der Waals surface area contributed by atoms with Gasteiger partial charge in [0.2, 0.25) is 0 Å². The minimum absolute atomic E-state index is 0.0456. The first-order valence-electron chi connectivity index (χ1n) is 5.83. The first-order valence-corrected chi connectivity index (χ1v) is 5.83. The van der Waals surface area contributed by atoms with Gasteiger partial charge in [0, 0.05) is 12.7 Å². The van der Waals surface area contributed by atoms with Gasteiger partial charge < -0.3 is 10.0 Å². The number of rotatable bonds is 2. The molecule has 0 saturated heterocycles. The molecule has 0 saturated carbocycles. The van der Waals surface area contributed by atoms with E-state index < -0.39 is 5.82 Å². The van der Waals surface area contributed by atoms with Crippen molar-refractivity contribution in [3.63, 3.8) is 0 Å². The van der Waals surface area contributed by atoms with Gasteiger partial charge in [-0.1, -0.05) is 18.2 Å². The standard InChI is InChI=1S/C15H14FNO2/c1-10-5-3-8-13(14(10)18)15(19)17(2)12-7-4-6-11(16)9-12/h3-9,18H,1-2H3. The van der Waals surface area contributed by atoms with Crippen molar-refractivity contribution >= 4 is 11.6 Å². The van der Waals surface area contributed by atoms with Crippen LogP contribution in [0.4, 0.5) is 10.1 Å². The molecule has 4 heteroatoms. The predicted molar refractivity (Wildman–Crippen MR) is 72.0 cm³/mol. The van der Waals surface area contributed by atoms with Gasteiger partial charge in [0.15, 0.2) is 0 Å². The van der Waals surface area contributed by atoms with E-state index in [0.717, 1.165) is 0 Å². The Labute approximate surface area is 110 Å². The van der Waals surface area contributed by atoms with E-state index in [1.807, 2.05) is 0 Å². The first kappa shape index (κ1) is 13.1. The number of hydrogen-bond donors (Lipinski definition) is 1. The number of phenols is 1. The Balaban J connectivity index is 2.36. The van der Waals surface area contributed by atoms with Gasteiger partial charge in [-0.3, -0.25) is 4.79 Å². The van der Waals surface area contributed by atoms with E-state index >= 15 is 0 Å². The van der Waals surface area contributed by atoms with Gasteiger partial charge in [-0.05, 0) is 36.8 Å². The van der Waals surface area contributed by atoms with E-state index in [9.17, 15) is 14.3 Å². The Morgan fingerprint density at radius 2 is 1.89 bits per heavy atom. The molecule has 0 fully saturated rings. The lowest BCUT2D eigenvalue weighted by atomic mass is 10.1. The Hall–Kier alpha value is -2.36. The van der Waals surface area contributed by atoms with Crippen LogP contribution in [0.25, 0.3) is 0 Å². The van der Waals surface area contributed by atoms with Crippen LogP contribution in [0.1, 0.15) is 15.9 Å². The summed E-state index contributed by atoms with van der Waals surface area (Å²) in [6.45, 7) is 1.72. The Kier molecular flexibility index (Phi) is 3.51. The maximum Gasteiger partial charge on any atom is 0.261 e. The number of benzene rings is 2. The molecule has 0 aliphatic rings. The second kappa shape index (κ2) is 5.10. The number of carbonyl (C=O) groups excluding carboxylic acids is 1. The van der Waals surface area contributed by atoms with Crippen LogP contribution in [0, 0.1) is 12.7 Å². The summed E-state index contributed by atoms with van der Waals surface area (Å²) in [6, 6.07) is 10.7. The number of nitrogens with zero attached hydrogens (tertiary/aromatic N) is 1. The molecular formula is C15H14FNO2. The fourth-order valence-electron chi connectivity index (χ4n) is 1.81. The molecule has 0 radical (unpaired) electrons. The third-order valence-corrected chi connectivity index (χ3v) is 2.97. The van der Waals surface area contributed by atoms with E-state index in [1.165, 1.54) is 23.1 Å². The van der Waals surface area contributed by atoms with Crippen molar-refractivity contribution in [3.05, 3.63) is 59.4 Å². The van der Waals surface area contributed by atoms with Gasteiger partial charge in [-0.15, -0.1) is 0 Å². The lowest BCUT2D eigenvalue weighted by molar-refractivity contribution is 0.0990. The van der Waals surface area contributed by atoms with Crippen molar-refractivity contribution in [2.75, 3.05) is 11.9 Å². The van der Waals surface area contributed by atoms with Gasteiger partial charge >= 0.3 is 0 Å². The summed E-state index contributed by atoms with van der Waals surface area (Å²) in [6.07, 6.45) is 0. The normalized spacial score (nSPS) is 10.3. The van der Waals surface area contributed by atoms with Gasteiger partial charge in [-0.2, -0.15) is 0 Å². The zero-order valence-electron chi connectivity index (χ0n) is 10.7. The van der Waals surface area contributed by atoms with Crippen LogP contribution in [0.2, 0.25) is 0 Å². The molecular weight excluding hydrogens is 245 g/mol. The quantitative estimate of drug-likeness (QED) is 0.900. The summed E-state index contributed by atoms with van der Waals surface area (Å²) in [5, 5.41) is 9.90. The van der Waals surface area contributed by atoms with Crippen LogP contribution in [0.15, 0.2) is 42.5 Å². The molecule has 0 aliphatic carbocycles. The molecule has 0 atom stereocenters. The fraction of sp³-hybridized carbons (Fsp3) is 0.133. The highest BCUT2D eigenvalue weighted by Gasteiger charge is 2.18. The number of phenolic OH excluding ortho intramolecular Hbond substituents is 1. The number of halogens is 1. The van der Waals surface area contributed by atoms with Gasteiger partial charge in [0.05, 0.1) is 5.56 Å². The Bertz CT molecular complexity index is 625. The zero-order valence-corrected chi connectivity index (χ0v) is 10.7. The topological polar surface area (TPSA) is 40.5 Å². The van der Waals surface area contributed by atoms with Crippen molar-refractivity contribution in [1.29, 1.82) is 0 Å². The van der Waals surface area contributed by atoms with Crippen LogP contribution in [-0.4, -0.2) is 18.1 Å². The molecule has 0 heterocycles. The molecule has 0 bridgehead atoms. The van der Waals surface area contributed by atoms with Crippen LogP contribution >= 0.6 is 0 Å². The van der Waals surface area contributed by atoms with E-state index in [0.29, 0.717) is 11.3 Å². The SMILES string of the molecule is Cc1cccc(C(=O)N(C)c2cccc(F)c2)c1O. The average molecular weight is 259 g/mol. The maximum absolute atomic E-state index is 13.1. The van der Waals surface area contributed by atoms with Crippen molar-refractivity contribution in [3.8, 4) is 5.75 Å². The van der Waals surface area contributed by atoms with Gasteiger partial charge in [0.25, 0.3) is 5.91 Å². The highest BCUT2D eigenvalue weighted by atomic mass is 19.1. The molecule has 0 aromatic heterocycles. The number of aromatic hydroxyl groups is 1. The summed E-state index contributed by atoms with van der Waals surface area (Å²) in [5.74, 6) is -0.840. The predicted octanol–water partition coefficient (Wildman–Crippen LogP) is 3.12. The third kappa shape index (κ3) is 2.57. The van der Waals surface area contributed by atoms with Gasteiger partial charge in [-0.25, -0.2) is 4.39 Å². The molecule has 98 valence electrons. The van der Waals surface area contributed by atoms with Crippen molar-refractivity contribution in [2.45, 2.75) is 6.92 Å². The largest absolute Gasteiger partial charge is 0.507 e. The minimum atomic E-state index is -0.411. The molecule has 0 spiro atoms. The summed E-state index contributed by atoms with van der Waals surface area (Å²) < 4.78 is 13.1. The van der Waals surface area contributed by atoms with Crippen LogP contribution in [-0.2, 0) is 0 Å². The lowest BCUT2D eigenvalue weighted by Gasteiger charge is -2.18. The summed E-state index contributed by atoms with van der Waals surface area (Å²) in [7, 11) is 1.54. The van der Waals surface area contributed by atoms with Crippen LogP contribution in [0.3, 0.4) is 0 Å². The molecule has 2 aromatic rings. The van der Waals surface area contributed by atoms with E-state index in [-0.39, 0.29) is 17.2 Å². The van der Waals surface area contributed by atoms with Crippen LogP contribution in [0.5, 0.6) is 5.75 Å². The molecule has 0 aliphatic heterocycles. The van der Waals surface area contributed by atoms with E-state index in [1.54, 1.807) is 38.2 Å². The first-order chi connectivity index (χ1) is 9.00. The average Bonchev–Trinajstić information content (AvgIpc) is 2.40. The minimum Gasteiger partial charge on any atom is -0.507 e. The molecule has 2 aromatic carbocycles. The molecule has 2 rings (SSSR count). The number of aryl methyl sites for hydroxylation is 1. The third-order valence-electron chi connectivity index (χ3n) is 2.97. The van der Waals surface area contributed by atoms with Crippen molar-refractivity contribution < 1.29 is 14.3 Å². The molecule has 1 amide bonds. The number of hydrogen-bond acceptors (Lipinski definition) is 2. The van der Waals surface area contributed by atoms with Crippen LogP contribution < -0.4 is 4.90 Å². The van der Waals surface area contributed by atoms with E-state index in [4.69, 9.17) is 0 Å². The summed E-state index contributed by atoms with van der Waals surface area (Å²) in [5.41, 5.74) is 1.26. The smallest absolute Gasteiger partial charge is 0.261 e. The number of para-hydroxylation sites is 1. The molecule has 1 N–H and O–H groups in total.